The van der Waals surface area contributed by atoms with E-state index in [4.69, 9.17) is 4.74 Å². The van der Waals surface area contributed by atoms with Crippen LogP contribution < -0.4 is 9.64 Å². The molecular formula is C29H21N3O7. The molecule has 3 heterocycles. The maximum absolute atomic E-state index is 14.0. The van der Waals surface area contributed by atoms with Gasteiger partial charge in [-0.05, 0) is 47.5 Å². The highest BCUT2D eigenvalue weighted by Crippen LogP contribution is 2.53. The van der Waals surface area contributed by atoms with Gasteiger partial charge in [0.05, 0.1) is 28.5 Å². The Morgan fingerprint density at radius 3 is 2.36 bits per heavy atom. The van der Waals surface area contributed by atoms with Crippen LogP contribution in [-0.4, -0.2) is 39.4 Å². The van der Waals surface area contributed by atoms with E-state index < -0.39 is 46.6 Å². The number of anilines is 1. The lowest BCUT2D eigenvalue weighted by Gasteiger charge is -2.35. The molecule has 3 aliphatic heterocycles. The number of amides is 2. The molecule has 39 heavy (non-hydrogen) atoms. The van der Waals surface area contributed by atoms with Crippen molar-refractivity contribution >= 4 is 41.0 Å². The lowest BCUT2D eigenvalue weighted by molar-refractivity contribution is -0.384. The first-order chi connectivity index (χ1) is 18.8. The van der Waals surface area contributed by atoms with Gasteiger partial charge in [-0.15, -0.1) is 0 Å². The first kappa shape index (κ1) is 24.2. The zero-order valence-corrected chi connectivity index (χ0v) is 20.6. The SMILES string of the molecule is CC(=O)Oc1ccc(C(=O)[C@@H]2[C@@H]3C(=O)N(c4cccc([N+](=O)[O-])c4)C(=O)[C@@H]3[C@H]3c4ccccc4C=CN23)cc1. The van der Waals surface area contributed by atoms with Crippen LogP contribution in [0.2, 0.25) is 0 Å². The number of carbonyl (C=O) groups is 4. The normalized spacial score (nSPS) is 22.8. The van der Waals surface area contributed by atoms with E-state index in [9.17, 15) is 29.3 Å². The predicted octanol–water partition coefficient (Wildman–Crippen LogP) is 3.92. The van der Waals surface area contributed by atoms with E-state index in [1.54, 1.807) is 11.1 Å². The van der Waals surface area contributed by atoms with Gasteiger partial charge in [0.2, 0.25) is 11.8 Å². The number of hydrogen-bond donors (Lipinski definition) is 0. The first-order valence-electron chi connectivity index (χ1n) is 12.3. The van der Waals surface area contributed by atoms with Gasteiger partial charge < -0.3 is 9.64 Å². The molecule has 10 heteroatoms. The molecule has 194 valence electrons. The molecule has 3 aromatic rings. The Bertz CT molecular complexity index is 1600. The Morgan fingerprint density at radius 2 is 1.64 bits per heavy atom. The summed E-state index contributed by atoms with van der Waals surface area (Å²) in [6.07, 6.45) is 3.60. The molecule has 0 spiro atoms. The highest BCUT2D eigenvalue weighted by Gasteiger charge is 2.64. The van der Waals surface area contributed by atoms with E-state index in [0.717, 1.165) is 16.0 Å². The van der Waals surface area contributed by atoms with Crippen molar-refractivity contribution < 1.29 is 28.8 Å². The van der Waals surface area contributed by atoms with Crippen molar-refractivity contribution in [2.24, 2.45) is 11.8 Å². The van der Waals surface area contributed by atoms with E-state index in [-0.39, 0.29) is 28.5 Å². The molecule has 3 aliphatic rings. The molecule has 0 unspecified atom stereocenters. The minimum absolute atomic E-state index is 0.0942. The van der Waals surface area contributed by atoms with Gasteiger partial charge >= 0.3 is 5.97 Å². The second kappa shape index (κ2) is 9.02. The largest absolute Gasteiger partial charge is 0.427 e. The second-order valence-corrected chi connectivity index (χ2v) is 9.60. The summed E-state index contributed by atoms with van der Waals surface area (Å²) in [7, 11) is 0. The van der Waals surface area contributed by atoms with Crippen LogP contribution in [0.1, 0.15) is 34.5 Å². The zero-order valence-electron chi connectivity index (χ0n) is 20.6. The minimum Gasteiger partial charge on any atom is -0.427 e. The van der Waals surface area contributed by atoms with E-state index in [2.05, 4.69) is 0 Å². The number of ketones is 1. The van der Waals surface area contributed by atoms with Gasteiger partial charge in [0.15, 0.2) is 5.78 Å². The number of Topliss-reactive ketones (excluding diaryl/α,β-unsaturated/α-hetero) is 1. The number of rotatable bonds is 5. The Balaban J connectivity index is 1.44. The van der Waals surface area contributed by atoms with Crippen LogP contribution in [0.3, 0.4) is 0 Å². The number of nitro groups is 1. The van der Waals surface area contributed by atoms with Gasteiger partial charge in [-0.2, -0.15) is 0 Å². The Hall–Kier alpha value is -5.12. The molecule has 2 saturated heterocycles. The first-order valence-corrected chi connectivity index (χ1v) is 12.3. The van der Waals surface area contributed by atoms with Gasteiger partial charge in [-0.1, -0.05) is 30.3 Å². The van der Waals surface area contributed by atoms with Crippen molar-refractivity contribution in [3.63, 3.8) is 0 Å². The summed E-state index contributed by atoms with van der Waals surface area (Å²) >= 11 is 0. The highest BCUT2D eigenvalue weighted by atomic mass is 16.6. The van der Waals surface area contributed by atoms with E-state index >= 15 is 0 Å². The molecule has 0 aromatic heterocycles. The summed E-state index contributed by atoms with van der Waals surface area (Å²) < 4.78 is 5.06. The average molecular weight is 524 g/mol. The topological polar surface area (TPSA) is 127 Å². The van der Waals surface area contributed by atoms with Crippen LogP contribution in [0.15, 0.2) is 79.0 Å². The predicted molar refractivity (Wildman–Crippen MR) is 138 cm³/mol. The van der Waals surface area contributed by atoms with Gasteiger partial charge in [0, 0.05) is 30.8 Å². The third-order valence-electron chi connectivity index (χ3n) is 7.43. The van der Waals surface area contributed by atoms with Gasteiger partial charge in [-0.3, -0.25) is 29.3 Å². The van der Waals surface area contributed by atoms with Crippen LogP contribution in [0.25, 0.3) is 6.08 Å². The fourth-order valence-electron chi connectivity index (χ4n) is 5.88. The van der Waals surface area contributed by atoms with Crippen molar-refractivity contribution in [1.82, 2.24) is 4.90 Å². The summed E-state index contributed by atoms with van der Waals surface area (Å²) in [5, 5.41) is 11.4. The van der Waals surface area contributed by atoms with Crippen LogP contribution in [0, 0.1) is 22.0 Å². The molecule has 4 atom stereocenters. The standard InChI is InChI=1S/C29H21N3O7/c1-16(33)39-21-11-9-18(10-12-21)27(34)26-24-23(25-22-8-3-2-5-17(22)13-14-30(25)26)28(35)31(29(24)36)19-6-4-7-20(15-19)32(37)38/h2-15,23-26H,1H3/t23-,24+,25+,26-/m0/s1. The number of fused-ring (bicyclic) bond motifs is 5. The summed E-state index contributed by atoms with van der Waals surface area (Å²) in [5.41, 5.74) is 1.83. The maximum Gasteiger partial charge on any atom is 0.308 e. The zero-order chi connectivity index (χ0) is 27.4. The number of esters is 1. The van der Waals surface area contributed by atoms with Crippen molar-refractivity contribution in [3.8, 4) is 5.75 Å². The minimum atomic E-state index is -1.02. The van der Waals surface area contributed by atoms with Gasteiger partial charge in [0.25, 0.3) is 5.69 Å². The quantitative estimate of drug-likeness (QED) is 0.123. The number of nitrogens with zero attached hydrogens (tertiary/aromatic N) is 3. The molecule has 0 bridgehead atoms. The molecule has 0 radical (unpaired) electrons. The molecule has 0 aliphatic carbocycles. The van der Waals surface area contributed by atoms with E-state index in [1.807, 2.05) is 30.3 Å². The van der Waals surface area contributed by atoms with Crippen LogP contribution >= 0.6 is 0 Å². The van der Waals surface area contributed by atoms with Crippen LogP contribution in [-0.2, 0) is 14.4 Å². The van der Waals surface area contributed by atoms with Crippen LogP contribution in [0.5, 0.6) is 5.75 Å². The van der Waals surface area contributed by atoms with E-state index in [1.165, 1.54) is 55.5 Å². The smallest absolute Gasteiger partial charge is 0.308 e. The molecule has 0 saturated carbocycles. The molecule has 3 aromatic carbocycles. The molecule has 0 N–H and O–H groups in total. The Labute approximate surface area is 222 Å². The molecule has 10 nitrogen and oxygen atoms in total. The average Bonchev–Trinajstić information content (AvgIpc) is 3.40. The van der Waals surface area contributed by atoms with E-state index in [0.29, 0.717) is 0 Å². The number of nitro benzene ring substituents is 1. The number of ether oxygens (including phenoxy) is 1. The third-order valence-corrected chi connectivity index (χ3v) is 7.43. The second-order valence-electron chi connectivity index (χ2n) is 9.60. The van der Waals surface area contributed by atoms with Crippen molar-refractivity contribution in [3.05, 3.63) is 106 Å². The molecule has 2 amide bonds. The fraction of sp³-hybridized carbons (Fsp3) is 0.172. The number of non-ortho nitro benzene ring substituents is 1. The van der Waals surface area contributed by atoms with Crippen LogP contribution in [0.4, 0.5) is 11.4 Å². The van der Waals surface area contributed by atoms with Crippen molar-refractivity contribution in [2.45, 2.75) is 19.0 Å². The lowest BCUT2D eigenvalue weighted by atomic mass is 9.83. The molecule has 2 fully saturated rings. The lowest BCUT2D eigenvalue weighted by Crippen LogP contribution is -2.44. The number of hydrogen-bond acceptors (Lipinski definition) is 8. The van der Waals surface area contributed by atoms with Gasteiger partial charge in [0.1, 0.15) is 11.8 Å². The summed E-state index contributed by atoms with van der Waals surface area (Å²) in [6, 6.07) is 17.3. The summed E-state index contributed by atoms with van der Waals surface area (Å²) in [5.74, 6) is -3.57. The summed E-state index contributed by atoms with van der Waals surface area (Å²) in [4.78, 5) is 66.6. The number of benzene rings is 3. The monoisotopic (exact) mass is 523 g/mol. The van der Waals surface area contributed by atoms with Crippen molar-refractivity contribution in [2.75, 3.05) is 4.90 Å². The third kappa shape index (κ3) is 3.80. The number of carbonyl (C=O) groups excluding carboxylic acids is 4. The highest BCUT2D eigenvalue weighted by molar-refractivity contribution is 6.24. The molecular weight excluding hydrogens is 502 g/mol. The Kier molecular flexibility index (Phi) is 5.60. The molecule has 6 rings (SSSR count). The van der Waals surface area contributed by atoms with Crippen molar-refractivity contribution in [1.29, 1.82) is 0 Å². The van der Waals surface area contributed by atoms with Gasteiger partial charge in [-0.25, -0.2) is 4.90 Å². The summed E-state index contributed by atoms with van der Waals surface area (Å²) in [6.45, 7) is 1.27. The Morgan fingerprint density at radius 1 is 0.923 bits per heavy atom. The fourth-order valence-corrected chi connectivity index (χ4v) is 5.88. The number of imide groups is 1. The maximum atomic E-state index is 14.0.